The fourth-order valence-electron chi connectivity index (χ4n) is 4.18. The van der Waals surface area contributed by atoms with Gasteiger partial charge in [-0.05, 0) is 80.8 Å². The van der Waals surface area contributed by atoms with Crippen molar-refractivity contribution in [2.75, 3.05) is 26.7 Å². The molecule has 3 saturated heterocycles. The molecule has 0 aromatic heterocycles. The molecule has 0 radical (unpaired) electrons. The molecular weight excluding hydrogens is 367 g/mol. The first-order valence-electron chi connectivity index (χ1n) is 7.74. The molecule has 4 rings (SSSR count). The molecule has 3 unspecified atom stereocenters. The summed E-state index contributed by atoms with van der Waals surface area (Å²) in [5.41, 5.74) is 0. The van der Waals surface area contributed by atoms with Crippen molar-refractivity contribution in [1.29, 1.82) is 0 Å². The second kappa shape index (κ2) is 5.91. The number of carbonyl (C=O) groups excluding carboxylic acids is 2. The van der Waals surface area contributed by atoms with Gasteiger partial charge < -0.3 is 9.80 Å². The van der Waals surface area contributed by atoms with Gasteiger partial charge in [0.05, 0.1) is 0 Å². The lowest BCUT2D eigenvalue weighted by atomic mass is 9.72. The Labute approximate surface area is 134 Å². The number of amides is 1. The lowest BCUT2D eigenvalue weighted by Gasteiger charge is -2.50. The number of nitrogens with zero attached hydrogens (tertiary/aromatic N) is 2. The van der Waals surface area contributed by atoms with Crippen LogP contribution in [-0.4, -0.2) is 52.2 Å². The summed E-state index contributed by atoms with van der Waals surface area (Å²) in [6.07, 6.45) is 5.19. The Hall–Kier alpha value is -0.170. The molecule has 3 atom stereocenters. The highest BCUT2D eigenvalue weighted by Crippen LogP contribution is 2.41. The Bertz CT molecular complexity index is 407. The van der Waals surface area contributed by atoms with Crippen LogP contribution in [0.2, 0.25) is 0 Å². The zero-order chi connectivity index (χ0) is 14.3. The van der Waals surface area contributed by atoms with E-state index in [4.69, 9.17) is 0 Å². The van der Waals surface area contributed by atoms with Crippen molar-refractivity contribution in [3.63, 3.8) is 0 Å². The first kappa shape index (κ1) is 14.8. The smallest absolute Gasteiger partial charge is 0.226 e. The van der Waals surface area contributed by atoms with E-state index in [1.807, 2.05) is 22.6 Å². The first-order chi connectivity index (χ1) is 9.56. The molecular formula is C15H23IN2O2. The van der Waals surface area contributed by atoms with Crippen LogP contribution >= 0.6 is 22.6 Å². The van der Waals surface area contributed by atoms with E-state index in [1.54, 1.807) is 0 Å². The van der Waals surface area contributed by atoms with Gasteiger partial charge in [0.25, 0.3) is 0 Å². The lowest BCUT2D eigenvalue weighted by Crippen LogP contribution is -2.58. The fourth-order valence-corrected chi connectivity index (χ4v) is 4.85. The number of halogens is 1. The van der Waals surface area contributed by atoms with Gasteiger partial charge in [0, 0.05) is 24.4 Å². The van der Waals surface area contributed by atoms with Crippen LogP contribution in [0.4, 0.5) is 0 Å². The number of carbonyl (C=O) groups is 2. The van der Waals surface area contributed by atoms with Gasteiger partial charge in [0.15, 0.2) is 3.79 Å². The lowest BCUT2D eigenvalue weighted by molar-refractivity contribution is -0.148. The molecule has 20 heavy (non-hydrogen) atoms. The highest BCUT2D eigenvalue weighted by atomic mass is 127. The Kier molecular flexibility index (Phi) is 4.36. The Balaban J connectivity index is 1.70. The summed E-state index contributed by atoms with van der Waals surface area (Å²) >= 11 is 1.93. The largest absolute Gasteiger partial charge is 0.338 e. The average Bonchev–Trinajstić information content (AvgIpc) is 2.47. The topological polar surface area (TPSA) is 40.6 Å². The predicted octanol–water partition coefficient (Wildman–Crippen LogP) is 1.92. The minimum atomic E-state index is 0.0957. The second-order valence-corrected chi connectivity index (χ2v) is 7.79. The molecule has 0 aromatic carbocycles. The van der Waals surface area contributed by atoms with Gasteiger partial charge in [-0.15, -0.1) is 0 Å². The normalized spacial score (nSPS) is 35.3. The van der Waals surface area contributed by atoms with Crippen molar-refractivity contribution in [1.82, 2.24) is 9.80 Å². The maximum atomic E-state index is 12.8. The monoisotopic (exact) mass is 390 g/mol. The van der Waals surface area contributed by atoms with Crippen LogP contribution in [0.3, 0.4) is 0 Å². The zero-order valence-corrected chi connectivity index (χ0v) is 14.2. The number of hydrogen-bond donors (Lipinski definition) is 0. The van der Waals surface area contributed by atoms with Gasteiger partial charge in [-0.1, -0.05) is 0 Å². The van der Waals surface area contributed by atoms with Crippen LogP contribution in [0.5, 0.6) is 0 Å². The van der Waals surface area contributed by atoms with Gasteiger partial charge in [-0.3, -0.25) is 9.59 Å². The summed E-state index contributed by atoms with van der Waals surface area (Å²) in [5.74, 6) is 1.17. The second-order valence-electron chi connectivity index (χ2n) is 6.73. The molecule has 4 fully saturated rings. The first-order valence-corrected chi connectivity index (χ1v) is 8.82. The summed E-state index contributed by atoms with van der Waals surface area (Å²) < 4.78 is 0.248. The van der Waals surface area contributed by atoms with Gasteiger partial charge in [-0.25, -0.2) is 0 Å². The van der Waals surface area contributed by atoms with Crippen LogP contribution in [0.1, 0.15) is 32.1 Å². The molecule has 2 bridgehead atoms. The number of fused-ring (bicyclic) bond motifs is 3. The maximum Gasteiger partial charge on any atom is 0.226 e. The molecule has 1 aliphatic carbocycles. The minimum Gasteiger partial charge on any atom is -0.338 e. The van der Waals surface area contributed by atoms with Gasteiger partial charge in [0.1, 0.15) is 0 Å². The third-order valence-corrected chi connectivity index (χ3v) is 6.22. The van der Waals surface area contributed by atoms with Crippen LogP contribution in [0, 0.1) is 17.8 Å². The maximum absolute atomic E-state index is 12.8. The van der Waals surface area contributed by atoms with Crippen molar-refractivity contribution >= 4 is 32.3 Å². The van der Waals surface area contributed by atoms with Crippen molar-refractivity contribution in [3.8, 4) is 0 Å². The number of piperidine rings is 3. The Morgan fingerprint density at radius 1 is 1.10 bits per heavy atom. The van der Waals surface area contributed by atoms with E-state index >= 15 is 0 Å². The summed E-state index contributed by atoms with van der Waals surface area (Å²) in [5, 5.41) is 0. The molecule has 3 aliphatic heterocycles. The highest BCUT2D eigenvalue weighted by molar-refractivity contribution is 14.1. The molecule has 4 nitrogen and oxygen atoms in total. The molecule has 112 valence electrons. The fraction of sp³-hybridized carbons (Fsp3) is 0.867. The van der Waals surface area contributed by atoms with E-state index in [1.165, 1.54) is 6.42 Å². The molecule has 0 N–H and O–H groups in total. The molecule has 4 aliphatic rings. The van der Waals surface area contributed by atoms with E-state index in [2.05, 4.69) is 16.8 Å². The van der Waals surface area contributed by atoms with Gasteiger partial charge in [0.2, 0.25) is 5.91 Å². The molecule has 1 saturated carbocycles. The minimum absolute atomic E-state index is 0.0957. The Morgan fingerprint density at radius 3 is 2.40 bits per heavy atom. The third-order valence-electron chi connectivity index (χ3n) is 5.42. The van der Waals surface area contributed by atoms with Crippen LogP contribution in [0.25, 0.3) is 0 Å². The van der Waals surface area contributed by atoms with Crippen LogP contribution < -0.4 is 0 Å². The van der Waals surface area contributed by atoms with Crippen LogP contribution in [0.15, 0.2) is 0 Å². The van der Waals surface area contributed by atoms with Gasteiger partial charge >= 0.3 is 0 Å². The summed E-state index contributed by atoms with van der Waals surface area (Å²) in [7, 11) is 2.12. The zero-order valence-electron chi connectivity index (χ0n) is 12.1. The van der Waals surface area contributed by atoms with Crippen LogP contribution in [-0.2, 0) is 9.59 Å². The van der Waals surface area contributed by atoms with E-state index in [9.17, 15) is 9.59 Å². The summed E-state index contributed by atoms with van der Waals surface area (Å²) in [6.45, 7) is 2.94. The molecule has 0 spiro atoms. The predicted molar refractivity (Wildman–Crippen MR) is 85.6 cm³/mol. The summed E-state index contributed by atoms with van der Waals surface area (Å²) in [6, 6.07) is 0.191. The average molecular weight is 390 g/mol. The van der Waals surface area contributed by atoms with E-state index in [0.29, 0.717) is 11.8 Å². The third kappa shape index (κ3) is 2.75. The Morgan fingerprint density at radius 2 is 1.80 bits per heavy atom. The van der Waals surface area contributed by atoms with E-state index < -0.39 is 0 Å². The quantitative estimate of drug-likeness (QED) is 0.535. The van der Waals surface area contributed by atoms with Crippen molar-refractivity contribution in [3.05, 3.63) is 0 Å². The summed E-state index contributed by atoms with van der Waals surface area (Å²) in [4.78, 5) is 29.0. The number of rotatable bonds is 2. The van der Waals surface area contributed by atoms with E-state index in [-0.39, 0.29) is 21.7 Å². The SMILES string of the molecule is CN1CCC(C(=O)N2CC3CCC2C(C(=O)I)C3)CC1. The molecule has 1 amide bonds. The number of likely N-dealkylation sites (tertiary alicyclic amines) is 1. The van der Waals surface area contributed by atoms with Crippen molar-refractivity contribution in [2.24, 2.45) is 17.8 Å². The molecule has 3 heterocycles. The molecule has 0 aromatic rings. The highest BCUT2D eigenvalue weighted by Gasteiger charge is 2.46. The molecule has 5 heteroatoms. The van der Waals surface area contributed by atoms with Gasteiger partial charge in [-0.2, -0.15) is 0 Å². The number of hydrogen-bond acceptors (Lipinski definition) is 3. The van der Waals surface area contributed by atoms with E-state index in [0.717, 1.165) is 45.3 Å². The van der Waals surface area contributed by atoms with Crippen molar-refractivity contribution < 1.29 is 9.59 Å². The van der Waals surface area contributed by atoms with Crippen molar-refractivity contribution in [2.45, 2.75) is 38.1 Å². The standard InChI is InChI=1S/C15H23IN2O2/c1-17-6-4-11(5-7-17)15(20)18-9-10-2-3-13(18)12(8-10)14(16)19/h10-13H,2-9H2,1H3.